The van der Waals surface area contributed by atoms with E-state index in [4.69, 9.17) is 5.73 Å². The molecule has 0 bridgehead atoms. The summed E-state index contributed by atoms with van der Waals surface area (Å²) < 4.78 is 22.3. The first kappa shape index (κ1) is 16.7. The normalized spacial score (nSPS) is 24.0. The fourth-order valence-electron chi connectivity index (χ4n) is 3.70. The highest BCUT2D eigenvalue weighted by Crippen LogP contribution is 2.44. The van der Waals surface area contributed by atoms with Gasteiger partial charge in [-0.25, -0.2) is 8.42 Å². The number of piperidine rings is 1. The van der Waals surface area contributed by atoms with Crippen LogP contribution in [0.5, 0.6) is 0 Å². The Hall–Kier alpha value is -0.620. The molecule has 1 spiro atoms. The zero-order valence-corrected chi connectivity index (χ0v) is 13.8. The number of nitrogens with two attached hydrogens (primary N) is 1. The van der Waals surface area contributed by atoms with E-state index in [9.17, 15) is 13.2 Å². The Balaban J connectivity index is 1.82. The van der Waals surface area contributed by atoms with Crippen LogP contribution in [-0.2, 0) is 14.6 Å². The van der Waals surface area contributed by atoms with Crippen LogP contribution in [0.2, 0.25) is 0 Å². The van der Waals surface area contributed by atoms with Crippen LogP contribution >= 0.6 is 0 Å². The summed E-state index contributed by atoms with van der Waals surface area (Å²) in [6.45, 7) is 1.57. The van der Waals surface area contributed by atoms with E-state index < -0.39 is 15.9 Å². The van der Waals surface area contributed by atoms with Crippen molar-refractivity contribution in [2.45, 2.75) is 57.4 Å². The minimum absolute atomic E-state index is 0.0162. The molecule has 1 atom stereocenters. The van der Waals surface area contributed by atoms with E-state index in [1.165, 1.54) is 38.4 Å². The van der Waals surface area contributed by atoms with E-state index in [1.54, 1.807) is 0 Å². The van der Waals surface area contributed by atoms with Crippen molar-refractivity contribution in [3.8, 4) is 0 Å². The van der Waals surface area contributed by atoms with Gasteiger partial charge in [-0.15, -0.1) is 0 Å². The van der Waals surface area contributed by atoms with E-state index in [1.807, 2.05) is 4.90 Å². The minimum Gasteiger partial charge on any atom is -0.341 e. The second kappa shape index (κ2) is 6.65. The monoisotopic (exact) mass is 316 g/mol. The summed E-state index contributed by atoms with van der Waals surface area (Å²) in [6.07, 6.45) is 10.2. The molecule has 0 aromatic rings. The molecule has 0 radical (unpaired) electrons. The number of sulfone groups is 1. The third-order valence-electron chi connectivity index (χ3n) is 5.17. The lowest BCUT2D eigenvalue weighted by atomic mass is 9.68. The summed E-state index contributed by atoms with van der Waals surface area (Å²) in [7, 11) is -3.06. The topological polar surface area (TPSA) is 80.5 Å². The molecule has 1 heterocycles. The molecular formula is C15H28N2O3S. The molecule has 0 aromatic heterocycles. The molecule has 0 aromatic carbocycles. The molecule has 1 saturated heterocycles. The highest BCUT2D eigenvalue weighted by atomic mass is 32.2. The molecule has 1 aliphatic carbocycles. The van der Waals surface area contributed by atoms with Gasteiger partial charge in [0.05, 0.1) is 11.8 Å². The van der Waals surface area contributed by atoms with Gasteiger partial charge in [0.15, 0.2) is 0 Å². The fraction of sp³-hybridized carbons (Fsp3) is 0.933. The van der Waals surface area contributed by atoms with Gasteiger partial charge in [-0.1, -0.05) is 19.3 Å². The van der Waals surface area contributed by atoms with E-state index in [2.05, 4.69) is 0 Å². The van der Waals surface area contributed by atoms with Gasteiger partial charge in [-0.3, -0.25) is 4.79 Å². The predicted octanol–water partition coefficient (Wildman–Crippen LogP) is 1.32. The maximum absolute atomic E-state index is 12.3. The van der Waals surface area contributed by atoms with Gasteiger partial charge in [0, 0.05) is 19.3 Å². The quantitative estimate of drug-likeness (QED) is 0.848. The molecular weight excluding hydrogens is 288 g/mol. The molecule has 6 heteroatoms. The number of carbonyl (C=O) groups excluding carboxylic acids is 1. The van der Waals surface area contributed by atoms with Crippen LogP contribution in [0.1, 0.15) is 51.4 Å². The first-order valence-corrected chi connectivity index (χ1v) is 10.1. The van der Waals surface area contributed by atoms with Crippen LogP contribution in [0, 0.1) is 5.41 Å². The van der Waals surface area contributed by atoms with Gasteiger partial charge in [0.25, 0.3) is 0 Å². The van der Waals surface area contributed by atoms with E-state index >= 15 is 0 Å². The van der Waals surface area contributed by atoms with Gasteiger partial charge in [-0.2, -0.15) is 0 Å². The highest BCUT2D eigenvalue weighted by Gasteiger charge is 2.37. The number of likely N-dealkylation sites (tertiary alicyclic amines) is 1. The Morgan fingerprint density at radius 2 is 1.71 bits per heavy atom. The number of amides is 1. The standard InChI is InChI=1S/C15H28N2O3S/c1-21(19,20)12-5-13(16)14(18)17-10-8-15(9-11-17)6-3-2-4-7-15/h13H,2-12,16H2,1H3/t13-/m0/s1. The first-order valence-electron chi connectivity index (χ1n) is 8.03. The van der Waals surface area contributed by atoms with Crippen molar-refractivity contribution < 1.29 is 13.2 Å². The van der Waals surface area contributed by atoms with Crippen molar-refractivity contribution in [1.82, 2.24) is 4.90 Å². The average Bonchev–Trinajstić information content (AvgIpc) is 2.45. The number of hydrogen-bond donors (Lipinski definition) is 1. The number of carbonyl (C=O) groups is 1. The van der Waals surface area contributed by atoms with Gasteiger partial charge in [-0.05, 0) is 37.5 Å². The number of rotatable bonds is 4. The maximum Gasteiger partial charge on any atom is 0.239 e. The van der Waals surface area contributed by atoms with E-state index in [0.717, 1.165) is 25.9 Å². The zero-order valence-electron chi connectivity index (χ0n) is 13.0. The SMILES string of the molecule is CS(=O)(=O)CC[C@H](N)C(=O)N1CCC2(CCCCC2)CC1. The summed E-state index contributed by atoms with van der Waals surface area (Å²) in [4.78, 5) is 14.1. The highest BCUT2D eigenvalue weighted by molar-refractivity contribution is 7.90. The Kier molecular flexibility index (Phi) is 5.30. The van der Waals surface area contributed by atoms with Crippen LogP contribution in [0.25, 0.3) is 0 Å². The summed E-state index contributed by atoms with van der Waals surface area (Å²) in [5, 5.41) is 0. The first-order chi connectivity index (χ1) is 9.81. The Morgan fingerprint density at radius 1 is 1.14 bits per heavy atom. The molecule has 2 N–H and O–H groups in total. The molecule has 1 amide bonds. The number of hydrogen-bond acceptors (Lipinski definition) is 4. The molecule has 5 nitrogen and oxygen atoms in total. The predicted molar refractivity (Wildman–Crippen MR) is 83.6 cm³/mol. The molecule has 2 fully saturated rings. The van der Waals surface area contributed by atoms with Crippen molar-refractivity contribution in [3.63, 3.8) is 0 Å². The van der Waals surface area contributed by atoms with Crippen LogP contribution in [0.4, 0.5) is 0 Å². The largest absolute Gasteiger partial charge is 0.341 e. The van der Waals surface area contributed by atoms with Crippen LogP contribution in [-0.4, -0.2) is 50.4 Å². The van der Waals surface area contributed by atoms with Gasteiger partial charge >= 0.3 is 0 Å². The van der Waals surface area contributed by atoms with Crippen LogP contribution in [0.3, 0.4) is 0 Å². The summed E-state index contributed by atoms with van der Waals surface area (Å²) in [6, 6.07) is -0.680. The zero-order chi connectivity index (χ0) is 15.5. The Morgan fingerprint density at radius 3 is 2.24 bits per heavy atom. The lowest BCUT2D eigenvalue weighted by molar-refractivity contribution is -0.135. The summed E-state index contributed by atoms with van der Waals surface area (Å²) in [5.41, 5.74) is 6.33. The lowest BCUT2D eigenvalue weighted by Gasteiger charge is -2.44. The Bertz CT molecular complexity index is 459. The second-order valence-electron chi connectivity index (χ2n) is 6.91. The molecule has 2 aliphatic rings. The number of nitrogens with zero attached hydrogens (tertiary/aromatic N) is 1. The molecule has 1 saturated carbocycles. The summed E-state index contributed by atoms with van der Waals surface area (Å²) >= 11 is 0. The average molecular weight is 316 g/mol. The van der Waals surface area contributed by atoms with Gasteiger partial charge < -0.3 is 10.6 Å². The smallest absolute Gasteiger partial charge is 0.239 e. The van der Waals surface area contributed by atoms with Crippen molar-refractivity contribution >= 4 is 15.7 Å². The minimum atomic E-state index is -3.06. The third-order valence-corrected chi connectivity index (χ3v) is 6.14. The van der Waals surface area contributed by atoms with E-state index in [0.29, 0.717) is 5.41 Å². The van der Waals surface area contributed by atoms with Crippen molar-refractivity contribution in [2.24, 2.45) is 11.1 Å². The summed E-state index contributed by atoms with van der Waals surface area (Å²) in [5.74, 6) is -0.0955. The van der Waals surface area contributed by atoms with Gasteiger partial charge in [0.1, 0.15) is 9.84 Å². The molecule has 21 heavy (non-hydrogen) atoms. The molecule has 122 valence electrons. The van der Waals surface area contributed by atoms with Crippen molar-refractivity contribution in [2.75, 3.05) is 25.1 Å². The van der Waals surface area contributed by atoms with Crippen LogP contribution in [0.15, 0.2) is 0 Å². The van der Waals surface area contributed by atoms with Gasteiger partial charge in [0.2, 0.25) is 5.91 Å². The molecule has 1 aliphatic heterocycles. The van der Waals surface area contributed by atoms with Crippen molar-refractivity contribution in [3.05, 3.63) is 0 Å². The second-order valence-corrected chi connectivity index (χ2v) is 9.17. The van der Waals surface area contributed by atoms with Crippen LogP contribution < -0.4 is 5.73 Å². The molecule has 0 unspecified atom stereocenters. The maximum atomic E-state index is 12.3. The fourth-order valence-corrected chi connectivity index (χ4v) is 4.38. The lowest BCUT2D eigenvalue weighted by Crippen LogP contribution is -2.50. The Labute approximate surface area is 128 Å². The van der Waals surface area contributed by atoms with E-state index in [-0.39, 0.29) is 18.1 Å². The third kappa shape index (κ3) is 4.68. The van der Waals surface area contributed by atoms with Crippen molar-refractivity contribution in [1.29, 1.82) is 0 Å². The molecule has 2 rings (SSSR count).